The minimum absolute atomic E-state index is 0.0419. The van der Waals surface area contributed by atoms with Gasteiger partial charge in [-0.2, -0.15) is 13.5 Å². The van der Waals surface area contributed by atoms with E-state index in [2.05, 4.69) is 5.10 Å². The molecule has 2 aromatic carbocycles. The Labute approximate surface area is 144 Å². The molecule has 0 unspecified atom stereocenters. The summed E-state index contributed by atoms with van der Waals surface area (Å²) in [6.45, 7) is 1.49. The number of anilines is 1. The topological polar surface area (TPSA) is 87.2 Å². The number of aromatic nitrogens is 2. The van der Waals surface area contributed by atoms with Crippen LogP contribution in [0.3, 0.4) is 0 Å². The van der Waals surface area contributed by atoms with Crippen LogP contribution in [-0.2, 0) is 10.0 Å². The molecular formula is C17H16FN3O3S. The van der Waals surface area contributed by atoms with Gasteiger partial charge in [0.2, 0.25) is 0 Å². The van der Waals surface area contributed by atoms with E-state index in [9.17, 15) is 12.8 Å². The summed E-state index contributed by atoms with van der Waals surface area (Å²) in [6.07, 6.45) is 0. The van der Waals surface area contributed by atoms with Gasteiger partial charge in [-0.05, 0) is 42.8 Å². The summed E-state index contributed by atoms with van der Waals surface area (Å²) in [5.41, 5.74) is 7.13. The van der Waals surface area contributed by atoms with Crippen LogP contribution >= 0.6 is 0 Å². The fourth-order valence-corrected chi connectivity index (χ4v) is 3.66. The van der Waals surface area contributed by atoms with Gasteiger partial charge in [0, 0.05) is 11.6 Å². The quantitative estimate of drug-likeness (QED) is 0.772. The van der Waals surface area contributed by atoms with Crippen molar-refractivity contribution in [2.75, 3.05) is 12.8 Å². The molecular weight excluding hydrogens is 345 g/mol. The standard InChI is InChI=1S/C17H16FN3O3S/c1-11-8-14(6-7-15(11)18)25(22,23)21-17(19)10-16(20-21)12-4-3-5-13(9-12)24-2/h3-10H,19H2,1-2H3. The Kier molecular flexibility index (Phi) is 4.22. The molecule has 0 aliphatic heterocycles. The number of ether oxygens (including phenoxy) is 1. The monoisotopic (exact) mass is 361 g/mol. The first-order valence-electron chi connectivity index (χ1n) is 7.34. The van der Waals surface area contributed by atoms with Gasteiger partial charge in [-0.1, -0.05) is 12.1 Å². The molecule has 0 saturated heterocycles. The Morgan fingerprint density at radius 1 is 1.16 bits per heavy atom. The van der Waals surface area contributed by atoms with Crippen LogP contribution in [0.1, 0.15) is 5.56 Å². The summed E-state index contributed by atoms with van der Waals surface area (Å²) in [5, 5.41) is 4.11. The molecule has 0 fully saturated rings. The van der Waals surface area contributed by atoms with Crippen molar-refractivity contribution < 1.29 is 17.5 Å². The molecule has 0 aliphatic rings. The molecule has 2 N–H and O–H groups in total. The number of benzene rings is 2. The molecule has 0 spiro atoms. The molecule has 3 rings (SSSR count). The van der Waals surface area contributed by atoms with E-state index in [-0.39, 0.29) is 16.3 Å². The highest BCUT2D eigenvalue weighted by Gasteiger charge is 2.22. The van der Waals surface area contributed by atoms with E-state index in [1.807, 2.05) is 0 Å². The predicted octanol–water partition coefficient (Wildman–Crippen LogP) is 2.83. The maximum Gasteiger partial charge on any atom is 0.284 e. The van der Waals surface area contributed by atoms with Crippen molar-refractivity contribution in [2.24, 2.45) is 0 Å². The van der Waals surface area contributed by atoms with Gasteiger partial charge in [0.1, 0.15) is 17.4 Å². The second-order valence-electron chi connectivity index (χ2n) is 5.45. The van der Waals surface area contributed by atoms with E-state index in [0.29, 0.717) is 17.0 Å². The van der Waals surface area contributed by atoms with Gasteiger partial charge in [-0.15, -0.1) is 4.09 Å². The molecule has 1 aromatic heterocycles. The third-order valence-corrected chi connectivity index (χ3v) is 5.32. The maximum atomic E-state index is 13.4. The van der Waals surface area contributed by atoms with Crippen LogP contribution in [0.4, 0.5) is 10.2 Å². The van der Waals surface area contributed by atoms with Gasteiger partial charge in [-0.3, -0.25) is 0 Å². The van der Waals surface area contributed by atoms with E-state index in [0.717, 1.165) is 10.2 Å². The summed E-state index contributed by atoms with van der Waals surface area (Å²) < 4.78 is 44.8. The van der Waals surface area contributed by atoms with Gasteiger partial charge in [-0.25, -0.2) is 4.39 Å². The molecule has 0 radical (unpaired) electrons. The normalized spacial score (nSPS) is 11.5. The lowest BCUT2D eigenvalue weighted by atomic mass is 10.1. The first kappa shape index (κ1) is 17.0. The largest absolute Gasteiger partial charge is 0.497 e. The molecule has 0 amide bonds. The summed E-state index contributed by atoms with van der Waals surface area (Å²) in [5.74, 6) is 0.0897. The number of hydrogen-bond donors (Lipinski definition) is 1. The summed E-state index contributed by atoms with van der Waals surface area (Å²) in [4.78, 5) is -0.0848. The SMILES string of the molecule is COc1cccc(-c2cc(N)n(S(=O)(=O)c3ccc(F)c(C)c3)n2)c1. The lowest BCUT2D eigenvalue weighted by Gasteiger charge is -2.07. The highest BCUT2D eigenvalue weighted by atomic mass is 32.2. The Bertz CT molecular complexity index is 1050. The average Bonchev–Trinajstić information content (AvgIpc) is 3.00. The number of nitrogen functional groups attached to an aromatic ring is 1. The summed E-state index contributed by atoms with van der Waals surface area (Å²) in [6, 6.07) is 12.0. The first-order chi connectivity index (χ1) is 11.8. The Balaban J connectivity index is 2.08. The van der Waals surface area contributed by atoms with Gasteiger partial charge < -0.3 is 10.5 Å². The van der Waals surface area contributed by atoms with Crippen LogP contribution in [0.15, 0.2) is 53.4 Å². The molecule has 0 atom stereocenters. The maximum absolute atomic E-state index is 13.4. The number of hydrogen-bond acceptors (Lipinski definition) is 5. The fraction of sp³-hybridized carbons (Fsp3) is 0.118. The summed E-state index contributed by atoms with van der Waals surface area (Å²) >= 11 is 0. The molecule has 0 bridgehead atoms. The molecule has 0 aliphatic carbocycles. The van der Waals surface area contributed by atoms with E-state index >= 15 is 0 Å². The number of nitrogens with two attached hydrogens (primary N) is 1. The van der Waals surface area contributed by atoms with Crippen molar-refractivity contribution >= 4 is 15.8 Å². The third kappa shape index (κ3) is 3.08. The lowest BCUT2D eigenvalue weighted by Crippen LogP contribution is -2.17. The van der Waals surface area contributed by atoms with Gasteiger partial charge >= 0.3 is 0 Å². The molecule has 130 valence electrons. The zero-order valence-corrected chi connectivity index (χ0v) is 14.4. The van der Waals surface area contributed by atoms with Crippen LogP contribution in [0.25, 0.3) is 11.3 Å². The Hall–Kier alpha value is -2.87. The smallest absolute Gasteiger partial charge is 0.284 e. The van der Waals surface area contributed by atoms with Gasteiger partial charge in [0.05, 0.1) is 17.7 Å². The average molecular weight is 361 g/mol. The molecule has 0 saturated carbocycles. The van der Waals surface area contributed by atoms with Crippen molar-refractivity contribution in [3.63, 3.8) is 0 Å². The van der Waals surface area contributed by atoms with Crippen molar-refractivity contribution in [3.05, 3.63) is 59.9 Å². The molecule has 25 heavy (non-hydrogen) atoms. The molecule has 8 heteroatoms. The van der Waals surface area contributed by atoms with Crippen molar-refractivity contribution in [2.45, 2.75) is 11.8 Å². The minimum atomic E-state index is -4.03. The highest BCUT2D eigenvalue weighted by molar-refractivity contribution is 7.90. The lowest BCUT2D eigenvalue weighted by molar-refractivity contribution is 0.415. The molecule has 6 nitrogen and oxygen atoms in total. The van der Waals surface area contributed by atoms with Crippen LogP contribution in [-0.4, -0.2) is 24.7 Å². The zero-order valence-electron chi connectivity index (χ0n) is 13.6. The van der Waals surface area contributed by atoms with Crippen molar-refractivity contribution in [1.82, 2.24) is 9.19 Å². The van der Waals surface area contributed by atoms with Crippen LogP contribution in [0, 0.1) is 12.7 Å². The Morgan fingerprint density at radius 2 is 1.92 bits per heavy atom. The van der Waals surface area contributed by atoms with Crippen LogP contribution in [0.2, 0.25) is 0 Å². The minimum Gasteiger partial charge on any atom is -0.497 e. The number of rotatable bonds is 4. The fourth-order valence-electron chi connectivity index (χ4n) is 2.37. The zero-order chi connectivity index (χ0) is 18.2. The predicted molar refractivity (Wildman–Crippen MR) is 92.3 cm³/mol. The van der Waals surface area contributed by atoms with Crippen LogP contribution in [0.5, 0.6) is 5.75 Å². The van der Waals surface area contributed by atoms with Crippen LogP contribution < -0.4 is 10.5 Å². The second kappa shape index (κ2) is 6.21. The van der Waals surface area contributed by atoms with Gasteiger partial charge in [0.15, 0.2) is 0 Å². The second-order valence-corrected chi connectivity index (χ2v) is 7.21. The summed E-state index contributed by atoms with van der Waals surface area (Å²) in [7, 11) is -2.49. The van der Waals surface area contributed by atoms with E-state index < -0.39 is 15.8 Å². The molecule has 3 aromatic rings. The highest BCUT2D eigenvalue weighted by Crippen LogP contribution is 2.27. The first-order valence-corrected chi connectivity index (χ1v) is 8.78. The van der Waals surface area contributed by atoms with E-state index in [4.69, 9.17) is 10.5 Å². The van der Waals surface area contributed by atoms with Crippen molar-refractivity contribution in [1.29, 1.82) is 0 Å². The van der Waals surface area contributed by atoms with Gasteiger partial charge in [0.25, 0.3) is 10.0 Å². The number of halogens is 1. The molecule has 1 heterocycles. The van der Waals surface area contributed by atoms with E-state index in [1.165, 1.54) is 32.2 Å². The van der Waals surface area contributed by atoms with E-state index in [1.54, 1.807) is 24.3 Å². The number of aryl methyl sites for hydroxylation is 1. The number of nitrogens with zero attached hydrogens (tertiary/aromatic N) is 2. The Morgan fingerprint density at radius 3 is 2.60 bits per heavy atom. The van der Waals surface area contributed by atoms with Crippen molar-refractivity contribution in [3.8, 4) is 17.0 Å². The number of methoxy groups -OCH3 is 1. The third-order valence-electron chi connectivity index (χ3n) is 3.72.